The lowest BCUT2D eigenvalue weighted by Crippen LogP contribution is -1.74. The average Bonchev–Trinajstić information content (AvgIpc) is 2.50. The maximum Gasteiger partial charge on any atom is 0.121 e. The lowest BCUT2D eigenvalue weighted by atomic mass is 10.2. The first-order valence-electron chi connectivity index (χ1n) is 3.23. The van der Waals surface area contributed by atoms with Crippen LogP contribution in [0.3, 0.4) is 0 Å². The Hall–Kier alpha value is -0.590. The molecular formula is C8H11F. The first-order valence-corrected chi connectivity index (χ1v) is 3.23. The molecule has 1 fully saturated rings. The van der Waals surface area contributed by atoms with E-state index in [0.29, 0.717) is 11.5 Å². The van der Waals surface area contributed by atoms with Gasteiger partial charge in [-0.2, -0.15) is 0 Å². The van der Waals surface area contributed by atoms with E-state index in [4.69, 9.17) is 0 Å². The smallest absolute Gasteiger partial charge is 0.121 e. The fourth-order valence-electron chi connectivity index (χ4n) is 0.612. The molecule has 1 aliphatic carbocycles. The summed E-state index contributed by atoms with van der Waals surface area (Å²) in [4.78, 5) is 0. The van der Waals surface area contributed by atoms with E-state index in [9.17, 15) is 4.39 Å². The topological polar surface area (TPSA) is 0 Å². The van der Waals surface area contributed by atoms with E-state index in [2.05, 4.69) is 6.58 Å². The van der Waals surface area contributed by atoms with Crippen LogP contribution in [0.2, 0.25) is 0 Å². The monoisotopic (exact) mass is 126 g/mol. The third-order valence-electron chi connectivity index (χ3n) is 1.41. The lowest BCUT2D eigenvalue weighted by molar-refractivity contribution is 0.643. The van der Waals surface area contributed by atoms with Crippen molar-refractivity contribution in [2.24, 2.45) is 5.92 Å². The standard InChI is InChI=1S/C8H11F/c1-6(2)8(9)5-7-3-4-7/h5,7H,1,3-4H2,2H3/b8-5+. The van der Waals surface area contributed by atoms with Gasteiger partial charge in [0.15, 0.2) is 0 Å². The molecule has 1 aliphatic rings. The molecule has 0 saturated heterocycles. The molecule has 0 heterocycles. The Bertz CT molecular complexity index is 152. The highest BCUT2D eigenvalue weighted by molar-refractivity contribution is 5.21. The molecule has 0 spiro atoms. The average molecular weight is 126 g/mol. The van der Waals surface area contributed by atoms with Crippen molar-refractivity contribution in [2.45, 2.75) is 19.8 Å². The molecule has 9 heavy (non-hydrogen) atoms. The van der Waals surface area contributed by atoms with Crippen LogP contribution in [0.15, 0.2) is 24.1 Å². The van der Waals surface area contributed by atoms with Crippen LogP contribution in [0.25, 0.3) is 0 Å². The fourth-order valence-corrected chi connectivity index (χ4v) is 0.612. The van der Waals surface area contributed by atoms with Gasteiger partial charge in [-0.25, -0.2) is 4.39 Å². The summed E-state index contributed by atoms with van der Waals surface area (Å²) in [6.07, 6.45) is 3.98. The van der Waals surface area contributed by atoms with Gasteiger partial charge in [0.1, 0.15) is 5.83 Å². The van der Waals surface area contributed by atoms with Crippen molar-refractivity contribution in [2.75, 3.05) is 0 Å². The summed E-state index contributed by atoms with van der Waals surface area (Å²) in [7, 11) is 0. The Morgan fingerprint density at radius 3 is 2.56 bits per heavy atom. The maximum absolute atomic E-state index is 12.6. The maximum atomic E-state index is 12.6. The van der Waals surface area contributed by atoms with Gasteiger partial charge in [0, 0.05) is 0 Å². The predicted molar refractivity (Wildman–Crippen MR) is 36.7 cm³/mol. The van der Waals surface area contributed by atoms with Gasteiger partial charge in [0.05, 0.1) is 0 Å². The summed E-state index contributed by atoms with van der Waals surface area (Å²) < 4.78 is 12.6. The number of halogens is 1. The number of rotatable bonds is 2. The van der Waals surface area contributed by atoms with Crippen molar-refractivity contribution in [3.05, 3.63) is 24.1 Å². The molecule has 0 N–H and O–H groups in total. The van der Waals surface area contributed by atoms with Gasteiger partial charge in [0.25, 0.3) is 0 Å². The molecule has 50 valence electrons. The summed E-state index contributed by atoms with van der Waals surface area (Å²) >= 11 is 0. The zero-order chi connectivity index (χ0) is 6.85. The molecule has 0 amide bonds. The molecule has 1 heteroatoms. The van der Waals surface area contributed by atoms with Crippen LogP contribution in [0.5, 0.6) is 0 Å². The Labute approximate surface area is 55.1 Å². The minimum atomic E-state index is -0.127. The van der Waals surface area contributed by atoms with E-state index in [1.54, 1.807) is 13.0 Å². The highest BCUT2D eigenvalue weighted by Gasteiger charge is 2.19. The minimum Gasteiger partial charge on any atom is -0.207 e. The summed E-state index contributed by atoms with van der Waals surface area (Å²) in [5.74, 6) is 0.388. The number of hydrogen-bond donors (Lipinski definition) is 0. The Morgan fingerprint density at radius 2 is 2.22 bits per heavy atom. The van der Waals surface area contributed by atoms with Crippen LogP contribution in [0.4, 0.5) is 4.39 Å². The van der Waals surface area contributed by atoms with Gasteiger partial charge < -0.3 is 0 Å². The molecule has 0 unspecified atom stereocenters. The van der Waals surface area contributed by atoms with E-state index in [1.807, 2.05) is 0 Å². The highest BCUT2D eigenvalue weighted by Crippen LogP contribution is 2.32. The van der Waals surface area contributed by atoms with E-state index in [0.717, 1.165) is 12.8 Å². The Kier molecular flexibility index (Phi) is 1.70. The van der Waals surface area contributed by atoms with Crippen molar-refractivity contribution >= 4 is 0 Å². The summed E-state index contributed by atoms with van der Waals surface area (Å²) in [5.41, 5.74) is 0.543. The third kappa shape index (κ3) is 2.00. The molecule has 0 aromatic carbocycles. The molecule has 0 nitrogen and oxygen atoms in total. The Balaban J connectivity index is 2.46. The third-order valence-corrected chi connectivity index (χ3v) is 1.41. The second kappa shape index (κ2) is 2.34. The first-order chi connectivity index (χ1) is 4.20. The number of allylic oxidation sites excluding steroid dienone is 3. The zero-order valence-electron chi connectivity index (χ0n) is 5.65. The second-order valence-electron chi connectivity index (χ2n) is 2.63. The summed E-state index contributed by atoms with van der Waals surface area (Å²) in [6, 6.07) is 0. The lowest BCUT2D eigenvalue weighted by Gasteiger charge is -1.90. The molecule has 0 bridgehead atoms. The van der Waals surface area contributed by atoms with E-state index >= 15 is 0 Å². The van der Waals surface area contributed by atoms with Gasteiger partial charge in [-0.15, -0.1) is 0 Å². The Morgan fingerprint density at radius 1 is 1.67 bits per heavy atom. The molecule has 0 aliphatic heterocycles. The molecule has 0 aromatic rings. The van der Waals surface area contributed by atoms with Crippen LogP contribution in [-0.4, -0.2) is 0 Å². The van der Waals surface area contributed by atoms with Crippen LogP contribution < -0.4 is 0 Å². The normalized spacial score (nSPS) is 20.0. The molecule has 1 saturated carbocycles. The fraction of sp³-hybridized carbons (Fsp3) is 0.500. The molecule has 1 rings (SSSR count). The van der Waals surface area contributed by atoms with Crippen LogP contribution >= 0.6 is 0 Å². The largest absolute Gasteiger partial charge is 0.207 e. The predicted octanol–water partition coefficient (Wildman–Crippen LogP) is 2.83. The SMILES string of the molecule is C=C(C)/C(F)=C\C1CC1. The minimum absolute atomic E-state index is 0.127. The van der Waals surface area contributed by atoms with E-state index in [-0.39, 0.29) is 5.83 Å². The van der Waals surface area contributed by atoms with Gasteiger partial charge in [-0.3, -0.25) is 0 Å². The second-order valence-corrected chi connectivity index (χ2v) is 2.63. The van der Waals surface area contributed by atoms with E-state index < -0.39 is 0 Å². The van der Waals surface area contributed by atoms with Crippen LogP contribution in [0, 0.1) is 5.92 Å². The molecule has 0 atom stereocenters. The zero-order valence-corrected chi connectivity index (χ0v) is 5.65. The highest BCUT2D eigenvalue weighted by atomic mass is 19.1. The summed E-state index contributed by atoms with van der Waals surface area (Å²) in [6.45, 7) is 5.18. The molecule has 0 radical (unpaired) electrons. The molecule has 0 aromatic heterocycles. The van der Waals surface area contributed by atoms with E-state index in [1.165, 1.54) is 0 Å². The van der Waals surface area contributed by atoms with Crippen molar-refractivity contribution in [1.29, 1.82) is 0 Å². The van der Waals surface area contributed by atoms with Crippen molar-refractivity contribution in [1.82, 2.24) is 0 Å². The van der Waals surface area contributed by atoms with Crippen molar-refractivity contribution in [3.8, 4) is 0 Å². The van der Waals surface area contributed by atoms with Gasteiger partial charge >= 0.3 is 0 Å². The van der Waals surface area contributed by atoms with Crippen LogP contribution in [-0.2, 0) is 0 Å². The van der Waals surface area contributed by atoms with Gasteiger partial charge in [-0.1, -0.05) is 6.58 Å². The van der Waals surface area contributed by atoms with Crippen LogP contribution in [0.1, 0.15) is 19.8 Å². The number of hydrogen-bond acceptors (Lipinski definition) is 0. The van der Waals surface area contributed by atoms with Crippen molar-refractivity contribution in [3.63, 3.8) is 0 Å². The van der Waals surface area contributed by atoms with Crippen molar-refractivity contribution < 1.29 is 4.39 Å². The van der Waals surface area contributed by atoms with Gasteiger partial charge in [-0.05, 0) is 37.3 Å². The quantitative estimate of drug-likeness (QED) is 0.499. The first kappa shape index (κ1) is 6.53. The summed E-state index contributed by atoms with van der Waals surface area (Å²) in [5, 5.41) is 0. The molecular weight excluding hydrogens is 115 g/mol. The van der Waals surface area contributed by atoms with Gasteiger partial charge in [0.2, 0.25) is 0 Å².